The molecule has 1 atom stereocenters. The van der Waals surface area contributed by atoms with Crippen molar-refractivity contribution in [3.8, 4) is 0 Å². The highest BCUT2D eigenvalue weighted by atomic mass is 16.5. The summed E-state index contributed by atoms with van der Waals surface area (Å²) in [5.74, 6) is 0.761. The molecule has 0 bridgehead atoms. The monoisotopic (exact) mass is 199 g/mol. The van der Waals surface area contributed by atoms with Gasteiger partial charge >= 0.3 is 0 Å². The van der Waals surface area contributed by atoms with Gasteiger partial charge in [-0.1, -0.05) is 0 Å². The number of likely N-dealkylation sites (tertiary alicyclic amines) is 1. The lowest BCUT2D eigenvalue weighted by Crippen LogP contribution is -2.29. The van der Waals surface area contributed by atoms with Gasteiger partial charge in [0.1, 0.15) is 5.60 Å². The van der Waals surface area contributed by atoms with Gasteiger partial charge < -0.3 is 14.4 Å². The van der Waals surface area contributed by atoms with Crippen LogP contribution in [0, 0.1) is 0 Å². The van der Waals surface area contributed by atoms with Gasteiger partial charge in [0.25, 0.3) is 0 Å². The summed E-state index contributed by atoms with van der Waals surface area (Å²) in [5.41, 5.74) is -0.164. The summed E-state index contributed by atoms with van der Waals surface area (Å²) in [6, 6.07) is 0. The molecule has 0 aromatic heterocycles. The highest BCUT2D eigenvalue weighted by Gasteiger charge is 2.25. The Hall–Kier alpha value is -0.700. The smallest absolute Gasteiger partial charge is 0.182 e. The molecule has 0 amide bonds. The summed E-state index contributed by atoms with van der Waals surface area (Å²) in [5, 5.41) is 0. The molecule has 0 spiro atoms. The molecule has 1 fully saturated rings. The van der Waals surface area contributed by atoms with Crippen LogP contribution in [0.4, 0.5) is 0 Å². The molecule has 1 aliphatic rings. The Bertz CT molecular complexity index is 208. The lowest BCUT2D eigenvalue weighted by atomic mass is 10.2. The van der Waals surface area contributed by atoms with Crippen LogP contribution in [0.5, 0.6) is 0 Å². The van der Waals surface area contributed by atoms with Crippen LogP contribution >= 0.6 is 0 Å². The fraction of sp³-hybridized carbons (Fsp3) is 0.818. The minimum absolute atomic E-state index is 0.164. The molecular weight excluding hydrogens is 178 g/mol. The van der Waals surface area contributed by atoms with Gasteiger partial charge in [-0.15, -0.1) is 0 Å². The van der Waals surface area contributed by atoms with Gasteiger partial charge in [-0.25, -0.2) is 0 Å². The van der Waals surface area contributed by atoms with E-state index in [9.17, 15) is 0 Å². The van der Waals surface area contributed by atoms with Crippen LogP contribution in [0.3, 0.4) is 0 Å². The summed E-state index contributed by atoms with van der Waals surface area (Å²) in [7, 11) is 1.75. The molecule has 1 heterocycles. The second-order valence-electron chi connectivity index (χ2n) is 4.70. The zero-order valence-corrected chi connectivity index (χ0v) is 9.67. The second kappa shape index (κ2) is 4.22. The fourth-order valence-electron chi connectivity index (χ4n) is 1.57. The van der Waals surface area contributed by atoms with E-state index in [2.05, 4.69) is 11.5 Å². The van der Waals surface area contributed by atoms with Gasteiger partial charge in [0.05, 0.1) is 6.10 Å². The van der Waals surface area contributed by atoms with Crippen LogP contribution in [0.1, 0.15) is 27.2 Å². The van der Waals surface area contributed by atoms with Crippen molar-refractivity contribution in [3.05, 3.63) is 12.5 Å². The molecule has 1 saturated heterocycles. The lowest BCUT2D eigenvalue weighted by molar-refractivity contribution is 0.00429. The zero-order valence-electron chi connectivity index (χ0n) is 9.67. The van der Waals surface area contributed by atoms with Gasteiger partial charge in [-0.3, -0.25) is 0 Å². The van der Waals surface area contributed by atoms with Crippen molar-refractivity contribution < 1.29 is 9.47 Å². The average Bonchev–Trinajstić information content (AvgIpc) is 2.48. The zero-order chi connectivity index (χ0) is 10.8. The first-order chi connectivity index (χ1) is 6.42. The van der Waals surface area contributed by atoms with E-state index in [4.69, 9.17) is 9.47 Å². The molecule has 0 unspecified atom stereocenters. The Balaban J connectivity index is 2.40. The summed E-state index contributed by atoms with van der Waals surface area (Å²) >= 11 is 0. The van der Waals surface area contributed by atoms with Crippen LogP contribution < -0.4 is 0 Å². The van der Waals surface area contributed by atoms with Crippen molar-refractivity contribution >= 4 is 0 Å². The molecule has 0 aromatic carbocycles. The third-order valence-corrected chi connectivity index (χ3v) is 2.26. The molecule has 14 heavy (non-hydrogen) atoms. The second-order valence-corrected chi connectivity index (χ2v) is 4.70. The van der Waals surface area contributed by atoms with Gasteiger partial charge in [0, 0.05) is 20.2 Å². The van der Waals surface area contributed by atoms with Crippen LogP contribution in [-0.4, -0.2) is 36.8 Å². The first-order valence-corrected chi connectivity index (χ1v) is 5.08. The molecule has 0 saturated carbocycles. The molecule has 0 radical (unpaired) electrons. The number of nitrogens with zero attached hydrogens (tertiary/aromatic N) is 1. The standard InChI is InChI=1S/C11H21NO2/c1-9(14-11(2,3)4)12-7-6-10(8-12)13-5/h10H,1,6-8H2,2-5H3/t10-/m0/s1. The Labute approximate surface area is 86.7 Å². The number of ether oxygens (including phenoxy) is 2. The van der Waals surface area contributed by atoms with E-state index in [0.29, 0.717) is 6.10 Å². The topological polar surface area (TPSA) is 21.7 Å². The Morgan fingerprint density at radius 3 is 2.50 bits per heavy atom. The van der Waals surface area contributed by atoms with Gasteiger partial charge in [0.15, 0.2) is 5.88 Å². The molecular formula is C11H21NO2. The molecule has 0 aromatic rings. The number of rotatable bonds is 3. The fourth-order valence-corrected chi connectivity index (χ4v) is 1.57. The van der Waals surface area contributed by atoms with Crippen LogP contribution in [-0.2, 0) is 9.47 Å². The van der Waals surface area contributed by atoms with Crippen LogP contribution in [0.15, 0.2) is 12.5 Å². The van der Waals surface area contributed by atoms with E-state index < -0.39 is 0 Å². The average molecular weight is 199 g/mol. The maximum atomic E-state index is 5.69. The minimum Gasteiger partial charge on any atom is -0.474 e. The normalized spacial score (nSPS) is 22.6. The van der Waals surface area contributed by atoms with Crippen molar-refractivity contribution in [1.29, 1.82) is 0 Å². The van der Waals surface area contributed by atoms with E-state index in [-0.39, 0.29) is 5.60 Å². The van der Waals surface area contributed by atoms with Crippen LogP contribution in [0.2, 0.25) is 0 Å². The number of methoxy groups -OCH3 is 1. The summed E-state index contributed by atoms with van der Waals surface area (Å²) in [4.78, 5) is 2.14. The van der Waals surface area contributed by atoms with Gasteiger partial charge in [-0.05, 0) is 33.8 Å². The molecule has 0 aliphatic carbocycles. The van der Waals surface area contributed by atoms with E-state index >= 15 is 0 Å². The summed E-state index contributed by atoms with van der Waals surface area (Å²) < 4.78 is 11.0. The predicted molar refractivity (Wildman–Crippen MR) is 57.0 cm³/mol. The molecule has 82 valence electrons. The maximum absolute atomic E-state index is 5.69. The van der Waals surface area contributed by atoms with E-state index in [1.54, 1.807) is 7.11 Å². The van der Waals surface area contributed by atoms with Gasteiger partial charge in [0.2, 0.25) is 0 Å². The third kappa shape index (κ3) is 3.22. The SMILES string of the molecule is C=C(OC(C)(C)C)N1CC[C@H](OC)C1. The maximum Gasteiger partial charge on any atom is 0.182 e. The quantitative estimate of drug-likeness (QED) is 0.649. The molecule has 0 N–H and O–H groups in total. The lowest BCUT2D eigenvalue weighted by Gasteiger charge is -2.28. The predicted octanol–water partition coefficient (Wildman–Crippen LogP) is 1.99. The first kappa shape index (κ1) is 11.4. The summed E-state index contributed by atoms with van der Waals surface area (Å²) in [6.07, 6.45) is 1.39. The molecule has 1 aliphatic heterocycles. The van der Waals surface area contributed by atoms with Crippen molar-refractivity contribution in [1.82, 2.24) is 4.90 Å². The Morgan fingerprint density at radius 2 is 2.07 bits per heavy atom. The number of hydrogen-bond acceptors (Lipinski definition) is 3. The molecule has 3 heteroatoms. The van der Waals surface area contributed by atoms with Crippen molar-refractivity contribution in [2.45, 2.75) is 38.9 Å². The van der Waals surface area contributed by atoms with Gasteiger partial charge in [-0.2, -0.15) is 0 Å². The van der Waals surface area contributed by atoms with Crippen molar-refractivity contribution in [2.24, 2.45) is 0 Å². The molecule has 1 rings (SSSR count). The highest BCUT2D eigenvalue weighted by molar-refractivity contribution is 4.92. The molecule has 3 nitrogen and oxygen atoms in total. The van der Waals surface area contributed by atoms with Crippen LogP contribution in [0.25, 0.3) is 0 Å². The summed E-state index contributed by atoms with van der Waals surface area (Å²) in [6.45, 7) is 11.9. The number of hydrogen-bond donors (Lipinski definition) is 0. The van der Waals surface area contributed by atoms with E-state index in [1.165, 1.54) is 0 Å². The van der Waals surface area contributed by atoms with Crippen molar-refractivity contribution in [2.75, 3.05) is 20.2 Å². The third-order valence-electron chi connectivity index (χ3n) is 2.26. The largest absolute Gasteiger partial charge is 0.474 e. The van der Waals surface area contributed by atoms with Crippen molar-refractivity contribution in [3.63, 3.8) is 0 Å². The Morgan fingerprint density at radius 1 is 1.43 bits per heavy atom. The minimum atomic E-state index is -0.164. The van der Waals surface area contributed by atoms with E-state index in [1.807, 2.05) is 20.8 Å². The highest BCUT2D eigenvalue weighted by Crippen LogP contribution is 2.21. The Kier molecular flexibility index (Phi) is 3.43. The van der Waals surface area contributed by atoms with E-state index in [0.717, 1.165) is 25.4 Å². The first-order valence-electron chi connectivity index (χ1n) is 5.08.